The van der Waals surface area contributed by atoms with Crippen molar-refractivity contribution < 1.29 is 13.6 Å². The zero-order valence-electron chi connectivity index (χ0n) is 9.20. The van der Waals surface area contributed by atoms with E-state index in [0.29, 0.717) is 16.5 Å². The quantitative estimate of drug-likeness (QED) is 0.263. The van der Waals surface area contributed by atoms with Crippen LogP contribution < -0.4 is 5.73 Å². The summed E-state index contributed by atoms with van der Waals surface area (Å²) in [5, 5.41) is 12.0. The lowest BCUT2D eigenvalue weighted by molar-refractivity contribution is 0.318. The first-order valence-electron chi connectivity index (χ1n) is 4.68. The fraction of sp³-hybridized carbons (Fsp3) is 0.333. The maximum atomic E-state index is 10.9. The van der Waals surface area contributed by atoms with Crippen LogP contribution in [0.4, 0.5) is 0 Å². The topological polar surface area (TPSA) is 106 Å². The molecule has 1 heterocycles. The maximum Gasteiger partial charge on any atom is 0.188 e. The first-order valence-corrected chi connectivity index (χ1v) is 7.72. The molecule has 1 rings (SSSR count). The average Bonchev–Trinajstić information content (AvgIpc) is 2.27. The second-order valence-corrected chi connectivity index (χ2v) is 6.70. The zero-order chi connectivity index (χ0) is 12.9. The molecule has 0 saturated heterocycles. The molecule has 3 N–H and O–H groups in total. The molecule has 6 nitrogen and oxygen atoms in total. The lowest BCUT2D eigenvalue weighted by atomic mass is 10.3. The summed E-state index contributed by atoms with van der Waals surface area (Å²) in [5.41, 5.74) is 5.75. The SMILES string of the molecule is CS(=O)(=O)CCSc1cccc(C(N)=NO)n1. The summed E-state index contributed by atoms with van der Waals surface area (Å²) in [6.45, 7) is 0. The molecule has 0 aliphatic heterocycles. The van der Waals surface area contributed by atoms with Crippen LogP contribution in [0.25, 0.3) is 0 Å². The number of pyridine rings is 1. The molecule has 0 radical (unpaired) electrons. The first-order chi connectivity index (χ1) is 7.92. The van der Waals surface area contributed by atoms with Gasteiger partial charge in [-0.1, -0.05) is 11.2 Å². The van der Waals surface area contributed by atoms with Crippen LogP contribution in [0.5, 0.6) is 0 Å². The van der Waals surface area contributed by atoms with Crippen LogP contribution in [0.1, 0.15) is 5.69 Å². The highest BCUT2D eigenvalue weighted by Gasteiger charge is 2.05. The van der Waals surface area contributed by atoms with E-state index in [-0.39, 0.29) is 11.6 Å². The third-order valence-corrected chi connectivity index (χ3v) is 3.93. The van der Waals surface area contributed by atoms with E-state index in [1.807, 2.05) is 0 Å². The van der Waals surface area contributed by atoms with E-state index in [2.05, 4.69) is 10.1 Å². The third-order valence-electron chi connectivity index (χ3n) is 1.80. The molecule has 1 aromatic heterocycles. The second-order valence-electron chi connectivity index (χ2n) is 3.32. The standard InChI is InChI=1S/C9H13N3O3S2/c1-17(14,15)6-5-16-8-4-2-3-7(11-8)9(10)12-13/h2-4,13H,5-6H2,1H3,(H2,10,12). The van der Waals surface area contributed by atoms with Gasteiger partial charge in [-0.05, 0) is 12.1 Å². The monoisotopic (exact) mass is 275 g/mol. The Balaban J connectivity index is 2.67. The zero-order valence-corrected chi connectivity index (χ0v) is 10.8. The Kier molecular flexibility index (Phi) is 4.76. The van der Waals surface area contributed by atoms with Crippen LogP contribution in [-0.4, -0.2) is 42.2 Å². The van der Waals surface area contributed by atoms with E-state index in [9.17, 15) is 8.42 Å². The molecule has 1 aromatic rings. The first kappa shape index (κ1) is 13.8. The number of rotatable bonds is 5. The minimum atomic E-state index is -2.96. The van der Waals surface area contributed by atoms with Gasteiger partial charge in [0.25, 0.3) is 0 Å². The Labute approximate surface area is 104 Å². The van der Waals surface area contributed by atoms with Crippen molar-refractivity contribution in [2.45, 2.75) is 5.03 Å². The Morgan fingerprint density at radius 3 is 2.88 bits per heavy atom. The summed E-state index contributed by atoms with van der Waals surface area (Å²) in [7, 11) is -2.96. The fourth-order valence-corrected chi connectivity index (χ4v) is 3.08. The van der Waals surface area contributed by atoms with Crippen LogP contribution in [0.3, 0.4) is 0 Å². The highest BCUT2D eigenvalue weighted by atomic mass is 32.2. The molecule has 0 unspecified atom stereocenters. The predicted molar refractivity (Wildman–Crippen MR) is 67.2 cm³/mol. The van der Waals surface area contributed by atoms with Crippen molar-refractivity contribution >= 4 is 27.4 Å². The van der Waals surface area contributed by atoms with Gasteiger partial charge in [-0.2, -0.15) is 0 Å². The van der Waals surface area contributed by atoms with Gasteiger partial charge in [-0.15, -0.1) is 11.8 Å². The summed E-state index contributed by atoms with van der Waals surface area (Å²) in [6, 6.07) is 5.06. The number of hydrogen-bond donors (Lipinski definition) is 2. The molecule has 0 saturated carbocycles. The summed E-state index contributed by atoms with van der Waals surface area (Å²) < 4.78 is 21.9. The fourth-order valence-electron chi connectivity index (χ4n) is 0.987. The van der Waals surface area contributed by atoms with E-state index in [1.165, 1.54) is 18.0 Å². The number of hydrogen-bond acceptors (Lipinski definition) is 6. The van der Waals surface area contributed by atoms with Crippen LogP contribution in [0.2, 0.25) is 0 Å². The van der Waals surface area contributed by atoms with Gasteiger partial charge in [0.05, 0.1) is 10.8 Å². The third kappa shape index (κ3) is 5.05. The van der Waals surface area contributed by atoms with Gasteiger partial charge in [0.2, 0.25) is 0 Å². The van der Waals surface area contributed by atoms with E-state index in [0.717, 1.165) is 0 Å². The van der Waals surface area contributed by atoms with Crippen LogP contribution in [0.15, 0.2) is 28.4 Å². The molecular weight excluding hydrogens is 262 g/mol. The number of nitrogens with zero attached hydrogens (tertiary/aromatic N) is 2. The van der Waals surface area contributed by atoms with Crippen molar-refractivity contribution in [3.63, 3.8) is 0 Å². The minimum absolute atomic E-state index is 0.0736. The summed E-state index contributed by atoms with van der Waals surface area (Å²) in [6.07, 6.45) is 1.19. The van der Waals surface area contributed by atoms with Crippen molar-refractivity contribution in [1.29, 1.82) is 0 Å². The van der Waals surface area contributed by atoms with E-state index in [1.54, 1.807) is 18.2 Å². The van der Waals surface area contributed by atoms with Crippen molar-refractivity contribution in [2.24, 2.45) is 10.9 Å². The molecule has 0 bridgehead atoms. The predicted octanol–water partition coefficient (Wildman–Crippen LogP) is 0.313. The number of nitrogens with two attached hydrogens (primary N) is 1. The number of thioether (sulfide) groups is 1. The molecule has 0 amide bonds. The van der Waals surface area contributed by atoms with Gasteiger partial charge in [0.15, 0.2) is 5.84 Å². The molecule has 94 valence electrons. The number of aromatic nitrogens is 1. The van der Waals surface area contributed by atoms with Crippen LogP contribution >= 0.6 is 11.8 Å². The summed E-state index contributed by atoms with van der Waals surface area (Å²) in [5.74, 6) is 0.439. The summed E-state index contributed by atoms with van der Waals surface area (Å²) >= 11 is 1.31. The summed E-state index contributed by atoms with van der Waals surface area (Å²) in [4.78, 5) is 4.12. The number of amidine groups is 1. The van der Waals surface area contributed by atoms with Gasteiger partial charge in [0.1, 0.15) is 15.5 Å². The highest BCUT2D eigenvalue weighted by molar-refractivity contribution is 8.00. The smallest absolute Gasteiger partial charge is 0.188 e. The Hall–Kier alpha value is -1.28. The molecular formula is C9H13N3O3S2. The molecule has 0 aromatic carbocycles. The minimum Gasteiger partial charge on any atom is -0.409 e. The van der Waals surface area contributed by atoms with Crippen molar-refractivity contribution in [3.8, 4) is 0 Å². The molecule has 0 fully saturated rings. The maximum absolute atomic E-state index is 10.9. The van der Waals surface area contributed by atoms with Crippen molar-refractivity contribution in [1.82, 2.24) is 4.98 Å². The number of sulfone groups is 1. The molecule has 0 atom stereocenters. The van der Waals surface area contributed by atoms with E-state index in [4.69, 9.17) is 10.9 Å². The molecule has 0 spiro atoms. The normalized spacial score (nSPS) is 12.6. The molecule has 0 aliphatic rings. The molecule has 8 heteroatoms. The highest BCUT2D eigenvalue weighted by Crippen LogP contribution is 2.15. The van der Waals surface area contributed by atoms with Crippen LogP contribution in [-0.2, 0) is 9.84 Å². The van der Waals surface area contributed by atoms with Crippen LogP contribution in [0, 0.1) is 0 Å². The van der Waals surface area contributed by atoms with Gasteiger partial charge >= 0.3 is 0 Å². The lowest BCUT2D eigenvalue weighted by Gasteiger charge is -2.02. The van der Waals surface area contributed by atoms with Gasteiger partial charge in [0, 0.05) is 12.0 Å². The van der Waals surface area contributed by atoms with Gasteiger partial charge < -0.3 is 10.9 Å². The second kappa shape index (κ2) is 5.87. The van der Waals surface area contributed by atoms with Gasteiger partial charge in [-0.3, -0.25) is 0 Å². The van der Waals surface area contributed by atoms with Crippen molar-refractivity contribution in [3.05, 3.63) is 23.9 Å². The lowest BCUT2D eigenvalue weighted by Crippen LogP contribution is -2.15. The van der Waals surface area contributed by atoms with Gasteiger partial charge in [-0.25, -0.2) is 13.4 Å². The largest absolute Gasteiger partial charge is 0.409 e. The Morgan fingerprint density at radius 1 is 1.59 bits per heavy atom. The molecule has 0 aliphatic carbocycles. The van der Waals surface area contributed by atoms with Crippen molar-refractivity contribution in [2.75, 3.05) is 17.8 Å². The Morgan fingerprint density at radius 2 is 2.29 bits per heavy atom. The van der Waals surface area contributed by atoms with E-state index < -0.39 is 9.84 Å². The average molecular weight is 275 g/mol. The van der Waals surface area contributed by atoms with E-state index >= 15 is 0 Å². The molecule has 17 heavy (non-hydrogen) atoms. The Bertz CT molecular complexity index is 514. The number of oxime groups is 1.